The number of rotatable bonds is 4. The van der Waals surface area contributed by atoms with Crippen LogP contribution in [-0.4, -0.2) is 15.0 Å². The molecular formula is C27H26N4OS. The number of nitrogens with one attached hydrogen (secondary N) is 2. The molecule has 0 atom stereocenters. The summed E-state index contributed by atoms with van der Waals surface area (Å²) in [7, 11) is 0. The van der Waals surface area contributed by atoms with E-state index in [0.717, 1.165) is 54.5 Å². The number of aromatic amines is 1. The molecule has 2 aromatic carbocycles. The maximum atomic E-state index is 12.8. The van der Waals surface area contributed by atoms with E-state index < -0.39 is 0 Å². The summed E-state index contributed by atoms with van der Waals surface area (Å²) in [6.45, 7) is 8.46. The van der Waals surface area contributed by atoms with E-state index in [1.807, 2.05) is 55.5 Å². The second-order valence-corrected chi connectivity index (χ2v) is 10.5. The van der Waals surface area contributed by atoms with Crippen LogP contribution in [0.15, 0.2) is 65.5 Å². The lowest BCUT2D eigenvalue weighted by atomic mass is 9.90. The Bertz CT molecular complexity index is 1540. The number of pyridine rings is 2. The van der Waals surface area contributed by atoms with Crippen molar-refractivity contribution >= 4 is 44.0 Å². The minimum Gasteiger partial charge on any atom is -0.330 e. The molecule has 0 aliphatic rings. The minimum atomic E-state index is -0.150. The van der Waals surface area contributed by atoms with Gasteiger partial charge in [0.1, 0.15) is 0 Å². The summed E-state index contributed by atoms with van der Waals surface area (Å²) in [6, 6.07) is 20.1. The Morgan fingerprint density at radius 3 is 2.58 bits per heavy atom. The summed E-state index contributed by atoms with van der Waals surface area (Å²) in [5.74, 6) is 0. The first kappa shape index (κ1) is 21.3. The third kappa shape index (κ3) is 4.26. The summed E-state index contributed by atoms with van der Waals surface area (Å²) in [5.41, 5.74) is 5.24. The molecule has 5 aromatic rings. The number of nitrogens with zero attached hydrogens (tertiary/aromatic N) is 2. The van der Waals surface area contributed by atoms with Gasteiger partial charge in [-0.1, -0.05) is 57.2 Å². The van der Waals surface area contributed by atoms with Gasteiger partial charge in [0.25, 0.3) is 5.56 Å². The highest BCUT2D eigenvalue weighted by Gasteiger charge is 2.24. The highest BCUT2D eigenvalue weighted by molar-refractivity contribution is 7.15. The average molecular weight is 455 g/mol. The molecule has 2 N–H and O–H groups in total. The van der Waals surface area contributed by atoms with E-state index in [0.29, 0.717) is 6.42 Å². The van der Waals surface area contributed by atoms with Crippen molar-refractivity contribution in [2.75, 3.05) is 5.32 Å². The number of benzene rings is 2. The van der Waals surface area contributed by atoms with Crippen molar-refractivity contribution in [1.29, 1.82) is 0 Å². The van der Waals surface area contributed by atoms with Crippen LogP contribution in [0.25, 0.3) is 21.8 Å². The zero-order valence-electron chi connectivity index (χ0n) is 19.2. The van der Waals surface area contributed by atoms with Gasteiger partial charge in [0.2, 0.25) is 0 Å². The van der Waals surface area contributed by atoms with Crippen LogP contribution in [-0.2, 0) is 11.8 Å². The van der Waals surface area contributed by atoms with Crippen molar-refractivity contribution in [3.8, 4) is 0 Å². The lowest BCUT2D eigenvalue weighted by Gasteiger charge is -2.17. The predicted octanol–water partition coefficient (Wildman–Crippen LogP) is 6.47. The Balaban J connectivity index is 1.55. The normalized spacial score (nSPS) is 11.9. The molecule has 0 fully saturated rings. The molecule has 0 saturated heterocycles. The zero-order valence-corrected chi connectivity index (χ0v) is 20.0. The lowest BCUT2D eigenvalue weighted by Crippen LogP contribution is -2.17. The number of hydrogen-bond acceptors (Lipinski definition) is 5. The second kappa shape index (κ2) is 8.12. The van der Waals surface area contributed by atoms with Crippen molar-refractivity contribution in [2.45, 2.75) is 39.5 Å². The largest absolute Gasteiger partial charge is 0.330 e. The summed E-state index contributed by atoms with van der Waals surface area (Å²) < 4.78 is 0. The van der Waals surface area contributed by atoms with Gasteiger partial charge < -0.3 is 10.3 Å². The molecule has 0 saturated carbocycles. The number of fused-ring (bicyclic) bond motifs is 2. The van der Waals surface area contributed by atoms with E-state index in [1.165, 1.54) is 0 Å². The molecule has 0 aliphatic carbocycles. The summed E-state index contributed by atoms with van der Waals surface area (Å²) >= 11 is 1.60. The van der Waals surface area contributed by atoms with Gasteiger partial charge >= 0.3 is 0 Å². The Hall–Kier alpha value is -3.51. The van der Waals surface area contributed by atoms with Crippen LogP contribution in [0.4, 0.5) is 10.8 Å². The van der Waals surface area contributed by atoms with Crippen molar-refractivity contribution in [2.24, 2.45) is 0 Å². The number of hydrogen-bond donors (Lipinski definition) is 2. The van der Waals surface area contributed by atoms with Crippen LogP contribution in [0, 0.1) is 6.92 Å². The van der Waals surface area contributed by atoms with E-state index in [9.17, 15) is 4.79 Å². The fraction of sp³-hybridized carbons (Fsp3) is 0.222. The van der Waals surface area contributed by atoms with Crippen LogP contribution in [0.5, 0.6) is 0 Å². The molecule has 0 bridgehead atoms. The smallest absolute Gasteiger partial charge is 0.251 e. The Kier molecular flexibility index (Phi) is 5.25. The third-order valence-corrected chi connectivity index (χ3v) is 6.66. The molecule has 0 unspecified atom stereocenters. The molecule has 3 aromatic heterocycles. The first-order valence-corrected chi connectivity index (χ1v) is 11.8. The topological polar surface area (TPSA) is 70.7 Å². The van der Waals surface area contributed by atoms with Gasteiger partial charge in [-0.2, -0.15) is 0 Å². The van der Waals surface area contributed by atoms with Gasteiger partial charge in [-0.05, 0) is 36.6 Å². The molecule has 33 heavy (non-hydrogen) atoms. The molecule has 6 heteroatoms. The van der Waals surface area contributed by atoms with Gasteiger partial charge in [0, 0.05) is 38.9 Å². The van der Waals surface area contributed by atoms with Crippen LogP contribution in [0.2, 0.25) is 0 Å². The number of thiazole rings is 1. The third-order valence-electron chi connectivity index (χ3n) is 5.69. The number of para-hydroxylation sites is 2. The molecular weight excluding hydrogens is 428 g/mol. The van der Waals surface area contributed by atoms with Gasteiger partial charge in [-0.3, -0.25) is 9.78 Å². The number of aromatic nitrogens is 3. The van der Waals surface area contributed by atoms with Gasteiger partial charge in [-0.25, -0.2) is 4.98 Å². The maximum absolute atomic E-state index is 12.8. The molecule has 5 nitrogen and oxygen atoms in total. The molecule has 0 spiro atoms. The van der Waals surface area contributed by atoms with Crippen molar-refractivity contribution < 1.29 is 0 Å². The summed E-state index contributed by atoms with van der Waals surface area (Å²) in [4.78, 5) is 26.6. The Labute approximate surface area is 196 Å². The fourth-order valence-electron chi connectivity index (χ4n) is 4.07. The van der Waals surface area contributed by atoms with Crippen molar-refractivity contribution in [3.63, 3.8) is 0 Å². The number of H-pyrrole nitrogens is 1. The SMILES string of the molecule is Cc1ccc2cccc(Nc3nc(C(C)(C)C)c(Cc4cc5ccccc5[nH]c4=O)s3)c2n1. The number of anilines is 2. The minimum absolute atomic E-state index is 0.0507. The first-order chi connectivity index (χ1) is 15.8. The quantitative estimate of drug-likeness (QED) is 0.326. The highest BCUT2D eigenvalue weighted by Crippen LogP contribution is 2.35. The average Bonchev–Trinajstić information content (AvgIpc) is 3.17. The van der Waals surface area contributed by atoms with E-state index in [1.54, 1.807) is 11.3 Å². The van der Waals surface area contributed by atoms with E-state index in [2.05, 4.69) is 43.2 Å². The number of aryl methyl sites for hydroxylation is 1. The molecule has 0 aliphatic heterocycles. The monoisotopic (exact) mass is 454 g/mol. The van der Waals surface area contributed by atoms with Crippen LogP contribution in [0.1, 0.15) is 42.6 Å². The van der Waals surface area contributed by atoms with E-state index >= 15 is 0 Å². The van der Waals surface area contributed by atoms with Gasteiger partial charge in [-0.15, -0.1) is 11.3 Å². The van der Waals surface area contributed by atoms with Gasteiger partial charge in [0.05, 0.1) is 16.9 Å². The van der Waals surface area contributed by atoms with E-state index in [-0.39, 0.29) is 11.0 Å². The molecule has 0 radical (unpaired) electrons. The van der Waals surface area contributed by atoms with Crippen molar-refractivity contribution in [3.05, 3.63) is 92.8 Å². The highest BCUT2D eigenvalue weighted by atomic mass is 32.1. The van der Waals surface area contributed by atoms with Crippen LogP contribution < -0.4 is 10.9 Å². The van der Waals surface area contributed by atoms with Gasteiger partial charge in [0.15, 0.2) is 5.13 Å². The van der Waals surface area contributed by atoms with Crippen molar-refractivity contribution in [1.82, 2.24) is 15.0 Å². The Morgan fingerprint density at radius 1 is 0.970 bits per heavy atom. The van der Waals surface area contributed by atoms with Crippen LogP contribution in [0.3, 0.4) is 0 Å². The summed E-state index contributed by atoms with van der Waals surface area (Å²) in [6.07, 6.45) is 0.541. The molecule has 0 amide bonds. The standard InChI is InChI=1S/C27H26N4OS/c1-16-12-13-17-9-7-11-21(23(17)28-16)30-26-31-24(27(2,3)4)22(33-26)15-19-14-18-8-5-6-10-20(18)29-25(19)32/h5-14H,15H2,1-4H3,(H,29,32)(H,30,31). The zero-order chi connectivity index (χ0) is 23.2. The first-order valence-electron chi connectivity index (χ1n) is 11.0. The molecule has 166 valence electrons. The summed E-state index contributed by atoms with van der Waals surface area (Å²) in [5, 5.41) is 6.42. The second-order valence-electron chi connectivity index (χ2n) is 9.38. The molecule has 5 rings (SSSR count). The van der Waals surface area contributed by atoms with Crippen LogP contribution >= 0.6 is 11.3 Å². The Morgan fingerprint density at radius 2 is 1.76 bits per heavy atom. The predicted molar refractivity (Wildman–Crippen MR) is 138 cm³/mol. The van der Waals surface area contributed by atoms with E-state index in [4.69, 9.17) is 9.97 Å². The maximum Gasteiger partial charge on any atom is 0.251 e. The fourth-order valence-corrected chi connectivity index (χ4v) is 5.28. The lowest BCUT2D eigenvalue weighted by molar-refractivity contribution is 0.568. The molecule has 3 heterocycles.